The molecule has 1 atom stereocenters. The molecule has 0 spiro atoms. The molecule has 0 fully saturated rings. The van der Waals surface area contributed by atoms with Gasteiger partial charge in [0.1, 0.15) is 17.6 Å². The number of amides is 1. The summed E-state index contributed by atoms with van der Waals surface area (Å²) in [5.41, 5.74) is 2.96. The van der Waals surface area contributed by atoms with Gasteiger partial charge in [-0.05, 0) is 43.4 Å². The van der Waals surface area contributed by atoms with Crippen molar-refractivity contribution >= 4 is 33.8 Å². The minimum atomic E-state index is -0.0541. The van der Waals surface area contributed by atoms with E-state index >= 15 is 0 Å². The van der Waals surface area contributed by atoms with Crippen LogP contribution in [0.25, 0.3) is 0 Å². The number of carbonyl (C=O) groups is 1. The van der Waals surface area contributed by atoms with Crippen LogP contribution in [0.2, 0.25) is 5.02 Å². The Hall–Kier alpha value is -1.87. The van der Waals surface area contributed by atoms with Crippen LogP contribution in [-0.2, 0) is 24.2 Å². The van der Waals surface area contributed by atoms with Gasteiger partial charge in [0.05, 0.1) is 12.6 Å². The van der Waals surface area contributed by atoms with Gasteiger partial charge in [-0.3, -0.25) is 4.79 Å². The molecule has 0 aliphatic heterocycles. The average Bonchev–Trinajstić information content (AvgIpc) is 2.93. The van der Waals surface area contributed by atoms with E-state index in [0.29, 0.717) is 17.1 Å². The minimum Gasteiger partial charge on any atom is -0.326 e. The van der Waals surface area contributed by atoms with E-state index in [2.05, 4.69) is 11.4 Å². The molecule has 0 saturated heterocycles. The lowest BCUT2D eigenvalue weighted by Gasteiger charge is -2.13. The topological polar surface area (TPSA) is 57.3 Å². The van der Waals surface area contributed by atoms with E-state index in [0.717, 1.165) is 46.8 Å². The molecule has 0 saturated carbocycles. The number of anilines is 1. The van der Waals surface area contributed by atoms with E-state index < -0.39 is 0 Å². The lowest BCUT2D eigenvalue weighted by molar-refractivity contribution is -0.885. The van der Waals surface area contributed by atoms with Crippen molar-refractivity contribution in [2.45, 2.75) is 32.2 Å². The summed E-state index contributed by atoms with van der Waals surface area (Å²) in [7, 11) is 1.98. The molecule has 1 aliphatic carbocycles. The van der Waals surface area contributed by atoms with E-state index in [1.165, 1.54) is 11.3 Å². The number of thiophene rings is 1. The molecule has 1 amide bonds. The van der Waals surface area contributed by atoms with E-state index in [4.69, 9.17) is 11.6 Å². The molecule has 4 nitrogen and oxygen atoms in total. The average molecular weight is 375 g/mol. The maximum absolute atomic E-state index is 12.4. The fourth-order valence-electron chi connectivity index (χ4n) is 3.23. The Kier molecular flexibility index (Phi) is 5.74. The van der Waals surface area contributed by atoms with Crippen molar-refractivity contribution < 1.29 is 9.69 Å². The summed E-state index contributed by atoms with van der Waals surface area (Å²) >= 11 is 7.47. The van der Waals surface area contributed by atoms with Gasteiger partial charge in [0, 0.05) is 15.5 Å². The van der Waals surface area contributed by atoms with Gasteiger partial charge >= 0.3 is 0 Å². The molecule has 2 aromatic rings. The largest absolute Gasteiger partial charge is 0.326 e. The van der Waals surface area contributed by atoms with Gasteiger partial charge in [0.25, 0.3) is 5.91 Å². The molecule has 0 bridgehead atoms. The van der Waals surface area contributed by atoms with Gasteiger partial charge in [-0.25, -0.2) is 0 Å². The summed E-state index contributed by atoms with van der Waals surface area (Å²) in [5.74, 6) is -0.0541. The summed E-state index contributed by atoms with van der Waals surface area (Å²) in [6, 6.07) is 9.96. The molecule has 6 heteroatoms. The molecule has 130 valence electrons. The molecule has 1 aromatic carbocycles. The van der Waals surface area contributed by atoms with Crippen molar-refractivity contribution in [1.29, 1.82) is 5.26 Å². The zero-order valence-electron chi connectivity index (χ0n) is 14.2. The normalized spacial score (nSPS) is 14.4. The Morgan fingerprint density at radius 1 is 1.32 bits per heavy atom. The maximum Gasteiger partial charge on any atom is 0.280 e. The van der Waals surface area contributed by atoms with E-state index in [-0.39, 0.29) is 5.91 Å². The predicted octanol–water partition coefficient (Wildman–Crippen LogP) is 2.81. The monoisotopic (exact) mass is 374 g/mol. The summed E-state index contributed by atoms with van der Waals surface area (Å²) in [6.07, 6.45) is 4.26. The highest BCUT2D eigenvalue weighted by Crippen LogP contribution is 2.37. The lowest BCUT2D eigenvalue weighted by atomic mass is 9.96. The van der Waals surface area contributed by atoms with Crippen LogP contribution in [0.4, 0.5) is 5.00 Å². The predicted molar refractivity (Wildman–Crippen MR) is 101 cm³/mol. The molecular formula is C19H21ClN3OS+. The molecule has 1 aliphatic rings. The second-order valence-electron chi connectivity index (χ2n) is 6.51. The lowest BCUT2D eigenvalue weighted by Crippen LogP contribution is -3.08. The molecule has 2 N–H and O–H groups in total. The number of carbonyl (C=O) groups excluding carboxylic acids is 1. The second-order valence-corrected chi connectivity index (χ2v) is 8.05. The van der Waals surface area contributed by atoms with Gasteiger partial charge in [0.15, 0.2) is 6.54 Å². The Morgan fingerprint density at radius 2 is 2.04 bits per heavy atom. The van der Waals surface area contributed by atoms with Gasteiger partial charge < -0.3 is 10.2 Å². The SMILES string of the molecule is C[NH+](CC(=O)Nc1sc2c(c1C#N)CCCC2)Cc1ccc(Cl)cc1. The third-order valence-corrected chi connectivity index (χ3v) is 5.88. The number of nitriles is 1. The van der Waals surface area contributed by atoms with Crippen molar-refractivity contribution in [2.24, 2.45) is 0 Å². The van der Waals surface area contributed by atoms with Crippen LogP contribution in [-0.4, -0.2) is 19.5 Å². The first-order valence-electron chi connectivity index (χ1n) is 8.47. The standard InChI is InChI=1S/C19H20ClN3OS/c1-23(11-13-6-8-14(20)9-7-13)12-18(24)22-19-16(10-21)15-4-2-3-5-17(15)25-19/h6-9H,2-5,11-12H2,1H3,(H,22,24)/p+1. The Balaban J connectivity index is 1.62. The van der Waals surface area contributed by atoms with Gasteiger partial charge in [0.2, 0.25) is 0 Å². The third-order valence-electron chi connectivity index (χ3n) is 4.42. The number of hydrogen-bond acceptors (Lipinski definition) is 3. The number of hydrogen-bond donors (Lipinski definition) is 2. The number of fused-ring (bicyclic) bond motifs is 1. The smallest absolute Gasteiger partial charge is 0.280 e. The quantitative estimate of drug-likeness (QED) is 0.845. The van der Waals surface area contributed by atoms with Crippen molar-refractivity contribution in [2.75, 3.05) is 18.9 Å². The van der Waals surface area contributed by atoms with E-state index in [1.807, 2.05) is 31.3 Å². The van der Waals surface area contributed by atoms with E-state index in [9.17, 15) is 10.1 Å². The Morgan fingerprint density at radius 3 is 2.76 bits per heavy atom. The first kappa shape index (κ1) is 17.9. The van der Waals surface area contributed by atoms with E-state index in [1.54, 1.807) is 11.3 Å². The summed E-state index contributed by atoms with van der Waals surface area (Å²) in [6.45, 7) is 1.10. The van der Waals surface area contributed by atoms with Crippen molar-refractivity contribution in [1.82, 2.24) is 0 Å². The van der Waals surface area contributed by atoms with Crippen molar-refractivity contribution in [3.8, 4) is 6.07 Å². The van der Waals surface area contributed by atoms with Crippen LogP contribution in [0.15, 0.2) is 24.3 Å². The highest BCUT2D eigenvalue weighted by molar-refractivity contribution is 7.16. The highest BCUT2D eigenvalue weighted by atomic mass is 35.5. The molecular weight excluding hydrogens is 354 g/mol. The van der Waals surface area contributed by atoms with Crippen LogP contribution < -0.4 is 10.2 Å². The zero-order valence-corrected chi connectivity index (χ0v) is 15.8. The molecule has 1 unspecified atom stereocenters. The van der Waals surface area contributed by atoms with Crippen LogP contribution in [0.3, 0.4) is 0 Å². The molecule has 3 rings (SSSR count). The number of benzene rings is 1. The third kappa shape index (κ3) is 4.40. The number of nitrogens with one attached hydrogen (secondary N) is 2. The first-order valence-corrected chi connectivity index (χ1v) is 9.66. The summed E-state index contributed by atoms with van der Waals surface area (Å²) in [4.78, 5) is 14.7. The van der Waals surface area contributed by atoms with Gasteiger partial charge in [-0.1, -0.05) is 23.7 Å². The molecule has 25 heavy (non-hydrogen) atoms. The van der Waals surface area contributed by atoms with Crippen LogP contribution in [0.5, 0.6) is 0 Å². The number of likely N-dealkylation sites (N-methyl/N-ethyl adjacent to an activating group) is 1. The number of aryl methyl sites for hydroxylation is 1. The number of nitrogens with zero attached hydrogens (tertiary/aromatic N) is 1. The van der Waals surface area contributed by atoms with Crippen LogP contribution in [0.1, 0.15) is 34.4 Å². The first-order chi connectivity index (χ1) is 12.1. The van der Waals surface area contributed by atoms with Gasteiger partial charge in [-0.2, -0.15) is 5.26 Å². The Labute approximate surface area is 157 Å². The number of rotatable bonds is 5. The fraction of sp³-hybridized carbons (Fsp3) is 0.368. The van der Waals surface area contributed by atoms with Crippen LogP contribution >= 0.6 is 22.9 Å². The van der Waals surface area contributed by atoms with Gasteiger partial charge in [-0.15, -0.1) is 11.3 Å². The Bertz CT molecular complexity index is 807. The number of halogens is 1. The summed E-state index contributed by atoms with van der Waals surface area (Å²) < 4.78 is 0. The number of quaternary nitrogens is 1. The molecule has 1 aromatic heterocycles. The summed E-state index contributed by atoms with van der Waals surface area (Å²) in [5, 5.41) is 13.9. The maximum atomic E-state index is 12.4. The fourth-order valence-corrected chi connectivity index (χ4v) is 4.61. The minimum absolute atomic E-state index is 0.0541. The second kappa shape index (κ2) is 8.01. The van der Waals surface area contributed by atoms with Crippen LogP contribution in [0, 0.1) is 11.3 Å². The highest BCUT2D eigenvalue weighted by Gasteiger charge is 2.22. The molecule has 0 radical (unpaired) electrons. The zero-order chi connectivity index (χ0) is 17.8. The van der Waals surface area contributed by atoms with Crippen molar-refractivity contribution in [3.05, 3.63) is 50.9 Å². The molecule has 1 heterocycles. The van der Waals surface area contributed by atoms with Crippen molar-refractivity contribution in [3.63, 3.8) is 0 Å².